The zero-order chi connectivity index (χ0) is 18.8. The van der Waals surface area contributed by atoms with Crippen LogP contribution in [0.15, 0.2) is 54.9 Å². The maximum atomic E-state index is 13.3. The number of nitrogens with one attached hydrogen (secondary N) is 1. The number of carbonyl (C=O) groups is 1. The number of benzene rings is 2. The van der Waals surface area contributed by atoms with Crippen LogP contribution in [-0.4, -0.2) is 28.4 Å². The number of carbonyl (C=O) groups excluding carboxylic acids is 1. The maximum Gasteiger partial charge on any atom is 0.255 e. The summed E-state index contributed by atoms with van der Waals surface area (Å²) in [7, 11) is 0. The minimum absolute atomic E-state index is 0.0160. The lowest BCUT2D eigenvalue weighted by atomic mass is 10.2. The Morgan fingerprint density at radius 3 is 2.81 bits per heavy atom. The quantitative estimate of drug-likeness (QED) is 0.765. The van der Waals surface area contributed by atoms with E-state index in [0.717, 1.165) is 12.1 Å². The molecule has 0 spiro atoms. The van der Waals surface area contributed by atoms with Crippen molar-refractivity contribution in [2.45, 2.75) is 12.6 Å². The lowest BCUT2D eigenvalue weighted by Crippen LogP contribution is -2.33. The first kappa shape index (κ1) is 17.0. The third-order valence-electron chi connectivity index (χ3n) is 4.03. The van der Waals surface area contributed by atoms with Crippen LogP contribution in [0.3, 0.4) is 0 Å². The highest BCUT2D eigenvalue weighted by Gasteiger charge is 2.21. The van der Waals surface area contributed by atoms with E-state index in [1.165, 1.54) is 12.3 Å². The van der Waals surface area contributed by atoms with E-state index in [0.29, 0.717) is 30.3 Å². The number of fused-ring (bicyclic) bond motifs is 1. The van der Waals surface area contributed by atoms with Gasteiger partial charge in [-0.2, -0.15) is 5.10 Å². The second-order valence-electron chi connectivity index (χ2n) is 6.03. The number of aromatic nitrogens is 2. The van der Waals surface area contributed by atoms with Gasteiger partial charge in [0, 0.05) is 11.8 Å². The van der Waals surface area contributed by atoms with Crippen molar-refractivity contribution >= 4 is 11.6 Å². The van der Waals surface area contributed by atoms with Gasteiger partial charge in [0.05, 0.1) is 18.4 Å². The standard InChI is InChI=1S/C19H15F2N3O3/c20-15-6-5-12(7-16(15)21)19(25)23-13-8-22-24(9-13)10-14-11-26-17-3-1-2-4-18(17)27-14/h1-9,14H,10-11H2,(H,23,25)/t14-/m1/s1. The van der Waals surface area contributed by atoms with Crippen molar-refractivity contribution < 1.29 is 23.0 Å². The van der Waals surface area contributed by atoms with Crippen LogP contribution in [0.5, 0.6) is 11.5 Å². The zero-order valence-corrected chi connectivity index (χ0v) is 14.1. The van der Waals surface area contributed by atoms with Gasteiger partial charge < -0.3 is 14.8 Å². The molecule has 1 aliphatic rings. The Hall–Kier alpha value is -3.42. The fourth-order valence-electron chi connectivity index (χ4n) is 2.73. The van der Waals surface area contributed by atoms with Crippen LogP contribution in [0.2, 0.25) is 0 Å². The summed E-state index contributed by atoms with van der Waals surface area (Å²) in [6, 6.07) is 10.4. The van der Waals surface area contributed by atoms with Crippen LogP contribution in [0, 0.1) is 11.6 Å². The Kier molecular flexibility index (Phi) is 4.45. The molecule has 138 valence electrons. The molecule has 27 heavy (non-hydrogen) atoms. The first-order valence-corrected chi connectivity index (χ1v) is 8.26. The predicted octanol–water partition coefficient (Wildman–Crippen LogP) is 3.25. The molecule has 6 nitrogen and oxygen atoms in total. The molecule has 0 saturated heterocycles. The van der Waals surface area contributed by atoms with E-state index in [9.17, 15) is 13.6 Å². The number of anilines is 1. The van der Waals surface area contributed by atoms with Gasteiger partial charge in [-0.3, -0.25) is 9.48 Å². The fourth-order valence-corrected chi connectivity index (χ4v) is 2.73. The molecule has 0 aliphatic carbocycles. The highest BCUT2D eigenvalue weighted by atomic mass is 19.2. The SMILES string of the molecule is O=C(Nc1cnn(C[C@@H]2COc3ccccc3O2)c1)c1ccc(F)c(F)c1. The number of nitrogens with zero attached hydrogens (tertiary/aromatic N) is 2. The predicted molar refractivity (Wildman–Crippen MR) is 92.9 cm³/mol. The van der Waals surface area contributed by atoms with Crippen molar-refractivity contribution in [3.05, 3.63) is 72.1 Å². The molecular formula is C19H15F2N3O3. The molecule has 3 aromatic rings. The Morgan fingerprint density at radius 2 is 2.00 bits per heavy atom. The van der Waals surface area contributed by atoms with E-state index < -0.39 is 17.5 Å². The Labute approximate surface area is 153 Å². The Balaban J connectivity index is 1.39. The summed E-state index contributed by atoms with van der Waals surface area (Å²) in [6.07, 6.45) is 2.87. The molecule has 1 aliphatic heterocycles. The highest BCUT2D eigenvalue weighted by molar-refractivity contribution is 6.04. The summed E-state index contributed by atoms with van der Waals surface area (Å²) in [5, 5.41) is 6.77. The summed E-state index contributed by atoms with van der Waals surface area (Å²) < 4.78 is 39.4. The molecule has 2 heterocycles. The van der Waals surface area contributed by atoms with Crippen molar-refractivity contribution in [1.82, 2.24) is 9.78 Å². The van der Waals surface area contributed by atoms with E-state index in [1.54, 1.807) is 10.9 Å². The van der Waals surface area contributed by atoms with Gasteiger partial charge in [0.1, 0.15) is 6.61 Å². The first-order valence-electron chi connectivity index (χ1n) is 8.26. The number of amides is 1. The molecule has 2 aromatic carbocycles. The smallest absolute Gasteiger partial charge is 0.255 e. The van der Waals surface area contributed by atoms with Gasteiger partial charge in [-0.15, -0.1) is 0 Å². The van der Waals surface area contributed by atoms with Crippen LogP contribution in [0.4, 0.5) is 14.5 Å². The molecule has 1 atom stereocenters. The van der Waals surface area contributed by atoms with Crippen LogP contribution >= 0.6 is 0 Å². The molecule has 0 radical (unpaired) electrons. The van der Waals surface area contributed by atoms with Crippen molar-refractivity contribution in [3.63, 3.8) is 0 Å². The maximum absolute atomic E-state index is 13.3. The minimum atomic E-state index is -1.08. The van der Waals surface area contributed by atoms with E-state index in [2.05, 4.69) is 10.4 Å². The number of ether oxygens (including phenoxy) is 2. The molecule has 1 amide bonds. The third kappa shape index (κ3) is 3.74. The van der Waals surface area contributed by atoms with Gasteiger partial charge >= 0.3 is 0 Å². The molecule has 0 saturated carbocycles. The normalized spacial score (nSPS) is 15.4. The Bertz CT molecular complexity index is 990. The zero-order valence-electron chi connectivity index (χ0n) is 14.1. The topological polar surface area (TPSA) is 65.4 Å². The van der Waals surface area contributed by atoms with Crippen LogP contribution in [-0.2, 0) is 6.54 Å². The minimum Gasteiger partial charge on any atom is -0.486 e. The second-order valence-corrected chi connectivity index (χ2v) is 6.03. The number of halogens is 2. The van der Waals surface area contributed by atoms with Gasteiger partial charge in [0.2, 0.25) is 0 Å². The second kappa shape index (κ2) is 7.06. The van der Waals surface area contributed by atoms with E-state index in [4.69, 9.17) is 9.47 Å². The van der Waals surface area contributed by atoms with Crippen LogP contribution in [0.1, 0.15) is 10.4 Å². The number of hydrogen-bond donors (Lipinski definition) is 1. The van der Waals surface area contributed by atoms with Crippen molar-refractivity contribution in [2.24, 2.45) is 0 Å². The first-order chi connectivity index (χ1) is 13.1. The molecule has 8 heteroatoms. The molecule has 0 unspecified atom stereocenters. The van der Waals surface area contributed by atoms with Gasteiger partial charge in [-0.1, -0.05) is 12.1 Å². The number of para-hydroxylation sites is 2. The van der Waals surface area contributed by atoms with Crippen LogP contribution in [0.25, 0.3) is 0 Å². The molecule has 4 rings (SSSR count). The van der Waals surface area contributed by atoms with E-state index in [-0.39, 0.29) is 11.7 Å². The third-order valence-corrected chi connectivity index (χ3v) is 4.03. The Morgan fingerprint density at radius 1 is 1.19 bits per heavy atom. The molecule has 0 fully saturated rings. The monoisotopic (exact) mass is 371 g/mol. The fraction of sp³-hybridized carbons (Fsp3) is 0.158. The lowest BCUT2D eigenvalue weighted by molar-refractivity contribution is 0.0759. The summed E-state index contributed by atoms with van der Waals surface area (Å²) >= 11 is 0. The molecule has 0 bridgehead atoms. The van der Waals surface area contributed by atoms with Crippen molar-refractivity contribution in [2.75, 3.05) is 11.9 Å². The van der Waals surface area contributed by atoms with Gasteiger partial charge in [-0.05, 0) is 30.3 Å². The highest BCUT2D eigenvalue weighted by Crippen LogP contribution is 2.31. The average Bonchev–Trinajstić information content (AvgIpc) is 3.10. The summed E-state index contributed by atoms with van der Waals surface area (Å²) in [6.45, 7) is 0.808. The van der Waals surface area contributed by atoms with Crippen molar-refractivity contribution in [1.29, 1.82) is 0 Å². The van der Waals surface area contributed by atoms with Gasteiger partial charge in [0.25, 0.3) is 5.91 Å². The largest absolute Gasteiger partial charge is 0.486 e. The lowest BCUT2D eigenvalue weighted by Gasteiger charge is -2.26. The van der Waals surface area contributed by atoms with E-state index >= 15 is 0 Å². The van der Waals surface area contributed by atoms with Crippen molar-refractivity contribution in [3.8, 4) is 11.5 Å². The number of hydrogen-bond acceptors (Lipinski definition) is 4. The molecule has 1 N–H and O–H groups in total. The number of rotatable bonds is 4. The van der Waals surface area contributed by atoms with Gasteiger partial charge in [0.15, 0.2) is 29.2 Å². The average molecular weight is 371 g/mol. The van der Waals surface area contributed by atoms with E-state index in [1.807, 2.05) is 24.3 Å². The molecular weight excluding hydrogens is 356 g/mol. The summed E-state index contributed by atoms with van der Waals surface area (Å²) in [5.74, 6) is -1.26. The molecule has 1 aromatic heterocycles. The van der Waals surface area contributed by atoms with Crippen LogP contribution < -0.4 is 14.8 Å². The van der Waals surface area contributed by atoms with Gasteiger partial charge in [-0.25, -0.2) is 8.78 Å². The summed E-state index contributed by atoms with van der Waals surface area (Å²) in [5.41, 5.74) is 0.448. The summed E-state index contributed by atoms with van der Waals surface area (Å²) in [4.78, 5) is 12.1.